The summed E-state index contributed by atoms with van der Waals surface area (Å²) in [5, 5.41) is 13.6. The monoisotopic (exact) mass is 504 g/mol. The molecule has 1 aliphatic carbocycles. The van der Waals surface area contributed by atoms with E-state index in [9.17, 15) is 27.9 Å². The molecule has 2 N–H and O–H groups in total. The van der Waals surface area contributed by atoms with Crippen LogP contribution in [0.25, 0.3) is 11.1 Å². The van der Waals surface area contributed by atoms with Gasteiger partial charge in [-0.05, 0) is 48.1 Å². The average molecular weight is 505 g/mol. The fourth-order valence-electron chi connectivity index (χ4n) is 4.02. The van der Waals surface area contributed by atoms with E-state index in [4.69, 9.17) is 0 Å². The number of thiophene rings is 1. The summed E-state index contributed by atoms with van der Waals surface area (Å²) in [4.78, 5) is 27.1. The number of benzene rings is 2. The Kier molecular flexibility index (Phi) is 5.60. The summed E-state index contributed by atoms with van der Waals surface area (Å²) in [5.74, 6) is -1.08. The first kappa shape index (κ1) is 22.8. The maximum absolute atomic E-state index is 13.1. The van der Waals surface area contributed by atoms with E-state index in [1.165, 1.54) is 29.4 Å². The molecule has 10 heteroatoms. The Morgan fingerprint density at radius 1 is 1.12 bits per heavy atom. The van der Waals surface area contributed by atoms with Crippen LogP contribution in [0.4, 0.5) is 23.9 Å². The number of amides is 1. The fraction of sp³-hybridized carbons (Fsp3) is 0.250. The lowest BCUT2D eigenvalue weighted by molar-refractivity contribution is -0.137. The van der Waals surface area contributed by atoms with E-state index in [-0.39, 0.29) is 10.6 Å². The van der Waals surface area contributed by atoms with Crippen molar-refractivity contribution < 1.29 is 27.9 Å². The standard InChI is InChI=1S/C24H19F3N2O3S2/c1-29-17-10-15(24(25,26)27)8-9-18(17)34-22(29)20(30)28-21-19(23(31)32)16(11-33-21)14-6-4-13(5-7-14)12-2-3-12/h4-12,22H,2-3H2,1H3,(H,28,30)(H,31,32). The maximum Gasteiger partial charge on any atom is 0.416 e. The molecular weight excluding hydrogens is 485 g/mol. The van der Waals surface area contributed by atoms with Crippen LogP contribution in [-0.2, 0) is 11.0 Å². The van der Waals surface area contributed by atoms with Crippen LogP contribution in [-0.4, -0.2) is 29.4 Å². The van der Waals surface area contributed by atoms with E-state index >= 15 is 0 Å². The van der Waals surface area contributed by atoms with E-state index in [0.717, 1.165) is 40.8 Å². The molecule has 2 aliphatic rings. The summed E-state index contributed by atoms with van der Waals surface area (Å²) < 4.78 is 39.3. The van der Waals surface area contributed by atoms with Crippen LogP contribution in [0.3, 0.4) is 0 Å². The van der Waals surface area contributed by atoms with Gasteiger partial charge in [0.25, 0.3) is 5.91 Å². The number of aromatic carboxylic acids is 1. The van der Waals surface area contributed by atoms with E-state index in [2.05, 4.69) is 5.32 Å². The zero-order valence-electron chi connectivity index (χ0n) is 17.8. The van der Waals surface area contributed by atoms with Crippen molar-refractivity contribution in [2.75, 3.05) is 17.3 Å². The predicted octanol–water partition coefficient (Wildman–Crippen LogP) is 6.52. The van der Waals surface area contributed by atoms with E-state index in [1.807, 2.05) is 24.3 Å². The molecule has 34 heavy (non-hydrogen) atoms. The second-order valence-corrected chi connectivity index (χ2v) is 10.3. The molecule has 0 saturated heterocycles. The number of hydrogen-bond donors (Lipinski definition) is 2. The van der Waals surface area contributed by atoms with Crippen LogP contribution in [0, 0.1) is 0 Å². The molecule has 2 heterocycles. The lowest BCUT2D eigenvalue weighted by Crippen LogP contribution is -2.36. The van der Waals surface area contributed by atoms with Crippen molar-refractivity contribution in [3.8, 4) is 11.1 Å². The number of nitrogens with zero attached hydrogens (tertiary/aromatic N) is 1. The number of carbonyl (C=O) groups excluding carboxylic acids is 1. The van der Waals surface area contributed by atoms with Gasteiger partial charge in [0.1, 0.15) is 10.6 Å². The molecule has 5 rings (SSSR count). The molecule has 176 valence electrons. The second kappa shape index (κ2) is 8.35. The van der Waals surface area contributed by atoms with Crippen LogP contribution >= 0.6 is 23.1 Å². The largest absolute Gasteiger partial charge is 0.478 e. The van der Waals surface area contributed by atoms with Crippen LogP contribution in [0.1, 0.15) is 40.2 Å². The minimum atomic E-state index is -4.48. The van der Waals surface area contributed by atoms with Crippen molar-refractivity contribution in [2.45, 2.75) is 35.2 Å². The highest BCUT2D eigenvalue weighted by molar-refractivity contribution is 8.01. The number of rotatable bonds is 5. The molecule has 0 radical (unpaired) electrons. The topological polar surface area (TPSA) is 69.6 Å². The van der Waals surface area contributed by atoms with Gasteiger partial charge in [0.2, 0.25) is 0 Å². The van der Waals surface area contributed by atoms with Crippen LogP contribution in [0.5, 0.6) is 0 Å². The van der Waals surface area contributed by atoms with Gasteiger partial charge in [-0.3, -0.25) is 4.79 Å². The molecule has 3 aromatic rings. The highest BCUT2D eigenvalue weighted by Gasteiger charge is 2.37. The van der Waals surface area contributed by atoms with Gasteiger partial charge in [-0.1, -0.05) is 36.0 Å². The Hall–Kier alpha value is -2.98. The van der Waals surface area contributed by atoms with Gasteiger partial charge < -0.3 is 15.3 Å². The normalized spacial score (nSPS) is 17.5. The molecule has 1 fully saturated rings. The van der Waals surface area contributed by atoms with Gasteiger partial charge in [-0.15, -0.1) is 11.3 Å². The lowest BCUT2D eigenvalue weighted by atomic mass is 10.0. The summed E-state index contributed by atoms with van der Waals surface area (Å²) in [6.07, 6.45) is -2.14. The Morgan fingerprint density at radius 2 is 1.82 bits per heavy atom. The summed E-state index contributed by atoms with van der Waals surface area (Å²) in [5.41, 5.74) is 2.02. The zero-order chi connectivity index (χ0) is 24.2. The quantitative estimate of drug-likeness (QED) is 0.414. The summed E-state index contributed by atoms with van der Waals surface area (Å²) in [6.45, 7) is 0. The molecule has 1 aliphatic heterocycles. The Labute approximate surface area is 201 Å². The molecule has 1 atom stereocenters. The lowest BCUT2D eigenvalue weighted by Gasteiger charge is -2.21. The number of carboxylic acids is 1. The molecule has 0 spiro atoms. The minimum Gasteiger partial charge on any atom is -0.478 e. The number of fused-ring (bicyclic) bond motifs is 1. The molecule has 1 aromatic heterocycles. The van der Waals surface area contributed by atoms with Crippen molar-refractivity contribution in [2.24, 2.45) is 0 Å². The van der Waals surface area contributed by atoms with Gasteiger partial charge in [-0.2, -0.15) is 13.2 Å². The smallest absolute Gasteiger partial charge is 0.416 e. The molecule has 1 unspecified atom stereocenters. The van der Waals surface area contributed by atoms with Crippen molar-refractivity contribution in [1.29, 1.82) is 0 Å². The third-order valence-electron chi connectivity index (χ3n) is 5.99. The van der Waals surface area contributed by atoms with Gasteiger partial charge in [0.15, 0.2) is 5.37 Å². The number of nitrogens with one attached hydrogen (secondary N) is 1. The number of thioether (sulfide) groups is 1. The zero-order valence-corrected chi connectivity index (χ0v) is 19.5. The van der Waals surface area contributed by atoms with Crippen molar-refractivity contribution >= 4 is 45.7 Å². The summed E-state index contributed by atoms with van der Waals surface area (Å²) >= 11 is 2.23. The van der Waals surface area contributed by atoms with Gasteiger partial charge in [-0.25, -0.2) is 4.79 Å². The Bertz CT molecular complexity index is 1280. The minimum absolute atomic E-state index is 0.0000405. The van der Waals surface area contributed by atoms with Gasteiger partial charge in [0.05, 0.1) is 11.3 Å². The average Bonchev–Trinajstić information content (AvgIpc) is 3.48. The number of likely N-dealkylation sites (N-methyl/N-ethyl adjacent to an activating group) is 1. The first-order valence-electron chi connectivity index (χ1n) is 10.5. The summed E-state index contributed by atoms with van der Waals surface area (Å²) in [7, 11) is 1.54. The third kappa shape index (κ3) is 4.16. The summed E-state index contributed by atoms with van der Waals surface area (Å²) in [6, 6.07) is 11.2. The molecule has 1 saturated carbocycles. The maximum atomic E-state index is 13.1. The van der Waals surface area contributed by atoms with Crippen molar-refractivity contribution in [3.63, 3.8) is 0 Å². The highest BCUT2D eigenvalue weighted by Crippen LogP contribution is 2.46. The van der Waals surface area contributed by atoms with Crippen LogP contribution < -0.4 is 10.2 Å². The van der Waals surface area contributed by atoms with Crippen LogP contribution in [0.2, 0.25) is 0 Å². The first-order valence-corrected chi connectivity index (χ1v) is 12.3. The Balaban J connectivity index is 1.38. The van der Waals surface area contributed by atoms with E-state index in [0.29, 0.717) is 22.1 Å². The van der Waals surface area contributed by atoms with Crippen LogP contribution in [0.15, 0.2) is 52.7 Å². The first-order chi connectivity index (χ1) is 16.1. The number of alkyl halides is 3. The number of anilines is 2. The van der Waals surface area contributed by atoms with Crippen molar-refractivity contribution in [3.05, 3.63) is 64.5 Å². The molecule has 5 nitrogen and oxygen atoms in total. The number of carbonyl (C=O) groups is 2. The third-order valence-corrected chi connectivity index (χ3v) is 8.24. The van der Waals surface area contributed by atoms with Gasteiger partial charge in [0, 0.05) is 22.9 Å². The van der Waals surface area contributed by atoms with E-state index < -0.39 is 29.0 Å². The molecule has 2 aromatic carbocycles. The molecular formula is C24H19F3N2O3S2. The Morgan fingerprint density at radius 3 is 2.44 bits per heavy atom. The molecule has 0 bridgehead atoms. The highest BCUT2D eigenvalue weighted by atomic mass is 32.2. The molecule has 1 amide bonds. The van der Waals surface area contributed by atoms with E-state index in [1.54, 1.807) is 12.4 Å². The predicted molar refractivity (Wildman–Crippen MR) is 127 cm³/mol. The number of halogens is 3. The SMILES string of the molecule is CN1c2cc(C(F)(F)F)ccc2SC1C(=O)Nc1scc(-c2ccc(C3CC3)cc2)c1C(=O)O. The number of hydrogen-bond acceptors (Lipinski definition) is 5. The number of carboxylic acid groups (broad SMARTS) is 1. The van der Waals surface area contributed by atoms with Gasteiger partial charge >= 0.3 is 12.1 Å². The second-order valence-electron chi connectivity index (χ2n) is 8.31. The fourth-order valence-corrected chi connectivity index (χ4v) is 6.14. The van der Waals surface area contributed by atoms with Crippen molar-refractivity contribution in [1.82, 2.24) is 0 Å².